The van der Waals surface area contributed by atoms with E-state index in [9.17, 15) is 0 Å². The van der Waals surface area contributed by atoms with Crippen molar-refractivity contribution in [1.29, 1.82) is 0 Å². The molecule has 2 nitrogen and oxygen atoms in total. The zero-order valence-electron chi connectivity index (χ0n) is 9.10. The molecule has 0 aliphatic rings. The third kappa shape index (κ3) is 8.60. The average molecular weight is 205 g/mol. The summed E-state index contributed by atoms with van der Waals surface area (Å²) in [6.07, 6.45) is 4.67. The Hall–Kier alpha value is 0.270. The van der Waals surface area contributed by atoms with Crippen LogP contribution in [0.3, 0.4) is 0 Å². The van der Waals surface area contributed by atoms with Gasteiger partial charge in [0.2, 0.25) is 0 Å². The molecular formula is C10H23NOS. The summed E-state index contributed by atoms with van der Waals surface area (Å²) in [6.45, 7) is 6.38. The predicted molar refractivity (Wildman–Crippen MR) is 61.4 cm³/mol. The Labute approximate surface area is 86.5 Å². The first-order chi connectivity index (χ1) is 6.12. The van der Waals surface area contributed by atoms with E-state index in [2.05, 4.69) is 25.4 Å². The third-order valence-electron chi connectivity index (χ3n) is 1.98. The molecule has 3 heteroatoms. The molecule has 0 unspecified atom stereocenters. The summed E-state index contributed by atoms with van der Waals surface area (Å²) in [4.78, 5) is 0. The number of hydrogen-bond acceptors (Lipinski definition) is 3. The quantitative estimate of drug-likeness (QED) is 0.592. The fourth-order valence-corrected chi connectivity index (χ4v) is 1.47. The van der Waals surface area contributed by atoms with Gasteiger partial charge in [-0.3, -0.25) is 0 Å². The van der Waals surface area contributed by atoms with Crippen LogP contribution in [0.2, 0.25) is 0 Å². The van der Waals surface area contributed by atoms with Gasteiger partial charge in [-0.2, -0.15) is 11.8 Å². The van der Waals surface area contributed by atoms with E-state index in [1.165, 1.54) is 18.6 Å². The summed E-state index contributed by atoms with van der Waals surface area (Å²) in [7, 11) is 0. The first-order valence-corrected chi connectivity index (χ1v) is 6.32. The highest BCUT2D eigenvalue weighted by Gasteiger charge is 2.14. The van der Waals surface area contributed by atoms with Crippen LogP contribution in [0.4, 0.5) is 0 Å². The van der Waals surface area contributed by atoms with E-state index in [1.807, 2.05) is 11.8 Å². The minimum atomic E-state index is 0.0273. The topological polar surface area (TPSA) is 32.3 Å². The van der Waals surface area contributed by atoms with Gasteiger partial charge in [-0.15, -0.1) is 0 Å². The van der Waals surface area contributed by atoms with Gasteiger partial charge in [0.05, 0.1) is 0 Å². The van der Waals surface area contributed by atoms with Gasteiger partial charge in [0, 0.05) is 18.6 Å². The van der Waals surface area contributed by atoms with Crippen molar-refractivity contribution in [3.8, 4) is 0 Å². The maximum atomic E-state index is 8.99. The molecule has 0 saturated carbocycles. The Morgan fingerprint density at radius 2 is 2.00 bits per heavy atom. The first kappa shape index (κ1) is 13.3. The lowest BCUT2D eigenvalue weighted by atomic mass is 9.95. The number of hydrogen-bond donors (Lipinski definition) is 2. The summed E-state index contributed by atoms with van der Waals surface area (Å²) < 4.78 is 0. The van der Waals surface area contributed by atoms with Crippen LogP contribution < -0.4 is 5.32 Å². The van der Waals surface area contributed by atoms with Crippen molar-refractivity contribution in [2.24, 2.45) is 5.41 Å². The van der Waals surface area contributed by atoms with E-state index in [4.69, 9.17) is 5.11 Å². The fourth-order valence-electron chi connectivity index (χ4n) is 0.979. The molecule has 0 aromatic carbocycles. The van der Waals surface area contributed by atoms with Crippen LogP contribution in [-0.2, 0) is 0 Å². The van der Waals surface area contributed by atoms with Gasteiger partial charge >= 0.3 is 0 Å². The highest BCUT2D eigenvalue weighted by molar-refractivity contribution is 7.98. The van der Waals surface area contributed by atoms with Gasteiger partial charge < -0.3 is 10.4 Å². The Morgan fingerprint density at radius 1 is 1.31 bits per heavy atom. The molecule has 0 aliphatic heterocycles. The maximum absolute atomic E-state index is 8.99. The third-order valence-corrected chi connectivity index (χ3v) is 2.68. The summed E-state index contributed by atoms with van der Waals surface area (Å²) in [5.74, 6) is 1.26. The van der Waals surface area contributed by atoms with Crippen LogP contribution in [0.15, 0.2) is 0 Å². The minimum Gasteiger partial charge on any atom is -0.396 e. The molecular weight excluding hydrogens is 182 g/mol. The minimum absolute atomic E-state index is 0.0273. The lowest BCUT2D eigenvalue weighted by Crippen LogP contribution is -2.32. The molecule has 0 aromatic rings. The van der Waals surface area contributed by atoms with Gasteiger partial charge in [0.15, 0.2) is 0 Å². The molecule has 0 spiro atoms. The van der Waals surface area contributed by atoms with E-state index in [-0.39, 0.29) is 12.0 Å². The normalized spacial score (nSPS) is 12.0. The SMILES string of the molecule is CSCCCCNCC(C)(C)CO. The number of nitrogens with one attached hydrogen (secondary N) is 1. The van der Waals surface area contributed by atoms with Crippen LogP contribution in [0, 0.1) is 5.41 Å². The molecule has 0 amide bonds. The highest BCUT2D eigenvalue weighted by atomic mass is 32.2. The molecule has 0 heterocycles. The molecule has 80 valence electrons. The smallest absolute Gasteiger partial charge is 0.0494 e. The van der Waals surface area contributed by atoms with Gasteiger partial charge in [-0.25, -0.2) is 0 Å². The lowest BCUT2D eigenvalue weighted by Gasteiger charge is -2.21. The number of rotatable bonds is 8. The second kappa shape index (κ2) is 7.65. The molecule has 0 atom stereocenters. The lowest BCUT2D eigenvalue weighted by molar-refractivity contribution is 0.157. The summed E-state index contributed by atoms with van der Waals surface area (Å²) in [6, 6.07) is 0. The van der Waals surface area contributed by atoms with Gasteiger partial charge in [0.1, 0.15) is 0 Å². The summed E-state index contributed by atoms with van der Waals surface area (Å²) in [5, 5.41) is 12.4. The van der Waals surface area contributed by atoms with Gasteiger partial charge in [-0.1, -0.05) is 13.8 Å². The monoisotopic (exact) mass is 205 g/mol. The zero-order chi connectivity index (χ0) is 10.2. The van der Waals surface area contributed by atoms with Crippen LogP contribution >= 0.6 is 11.8 Å². The number of unbranched alkanes of at least 4 members (excludes halogenated alkanes) is 1. The van der Waals surface area contributed by atoms with Gasteiger partial charge in [0.25, 0.3) is 0 Å². The van der Waals surface area contributed by atoms with Crippen molar-refractivity contribution < 1.29 is 5.11 Å². The van der Waals surface area contributed by atoms with Crippen LogP contribution in [-0.4, -0.2) is 36.8 Å². The molecule has 13 heavy (non-hydrogen) atoms. The van der Waals surface area contributed by atoms with Crippen molar-refractivity contribution in [2.75, 3.05) is 31.7 Å². The second-order valence-electron chi connectivity index (χ2n) is 4.20. The van der Waals surface area contributed by atoms with Gasteiger partial charge in [-0.05, 0) is 31.4 Å². The van der Waals surface area contributed by atoms with Crippen molar-refractivity contribution in [1.82, 2.24) is 5.32 Å². The summed E-state index contributed by atoms with van der Waals surface area (Å²) >= 11 is 1.90. The molecule has 0 rings (SSSR count). The van der Waals surface area contributed by atoms with Crippen LogP contribution in [0.1, 0.15) is 26.7 Å². The van der Waals surface area contributed by atoms with E-state index in [0.29, 0.717) is 0 Å². The largest absolute Gasteiger partial charge is 0.396 e. The average Bonchev–Trinajstić information content (AvgIpc) is 2.11. The molecule has 0 fully saturated rings. The van der Waals surface area contributed by atoms with E-state index in [1.54, 1.807) is 0 Å². The molecule has 0 aromatic heterocycles. The molecule has 0 bridgehead atoms. The molecule has 2 N–H and O–H groups in total. The zero-order valence-corrected chi connectivity index (χ0v) is 9.91. The predicted octanol–water partition coefficient (Wildman–Crippen LogP) is 1.74. The molecule has 0 radical (unpaired) electrons. The van der Waals surface area contributed by atoms with Crippen molar-refractivity contribution in [3.05, 3.63) is 0 Å². The Kier molecular flexibility index (Phi) is 7.81. The molecule has 0 saturated heterocycles. The number of aliphatic hydroxyl groups excluding tert-OH is 1. The maximum Gasteiger partial charge on any atom is 0.0494 e. The first-order valence-electron chi connectivity index (χ1n) is 4.93. The van der Waals surface area contributed by atoms with Crippen molar-refractivity contribution >= 4 is 11.8 Å². The second-order valence-corrected chi connectivity index (χ2v) is 5.18. The van der Waals surface area contributed by atoms with E-state index in [0.717, 1.165) is 13.1 Å². The highest BCUT2D eigenvalue weighted by Crippen LogP contribution is 2.11. The van der Waals surface area contributed by atoms with E-state index < -0.39 is 0 Å². The van der Waals surface area contributed by atoms with Crippen LogP contribution in [0.5, 0.6) is 0 Å². The van der Waals surface area contributed by atoms with E-state index >= 15 is 0 Å². The number of thioether (sulfide) groups is 1. The number of aliphatic hydroxyl groups is 1. The summed E-state index contributed by atoms with van der Waals surface area (Å²) in [5.41, 5.74) is 0.0273. The molecule has 0 aliphatic carbocycles. The fraction of sp³-hybridized carbons (Fsp3) is 1.00. The Balaban J connectivity index is 3.16. The van der Waals surface area contributed by atoms with Crippen molar-refractivity contribution in [3.63, 3.8) is 0 Å². The van der Waals surface area contributed by atoms with Crippen molar-refractivity contribution in [2.45, 2.75) is 26.7 Å². The standard InChI is InChI=1S/C10H23NOS/c1-10(2,9-12)8-11-6-4-5-7-13-3/h11-12H,4-9H2,1-3H3. The van der Waals surface area contributed by atoms with Crippen LogP contribution in [0.25, 0.3) is 0 Å². The Bertz CT molecular complexity index is 117. The Morgan fingerprint density at radius 3 is 2.54 bits per heavy atom.